The van der Waals surface area contributed by atoms with Crippen molar-refractivity contribution < 1.29 is 4.74 Å². The first kappa shape index (κ1) is 13.9. The number of ether oxygens (including phenoxy) is 1. The molecule has 1 saturated heterocycles. The summed E-state index contributed by atoms with van der Waals surface area (Å²) in [6, 6.07) is 1.09. The first-order valence-electron chi connectivity index (χ1n) is 6.58. The minimum Gasteiger partial charge on any atom is -0.379 e. The van der Waals surface area contributed by atoms with Crippen molar-refractivity contribution in [3.05, 3.63) is 0 Å². The van der Waals surface area contributed by atoms with Crippen LogP contribution in [0.4, 0.5) is 0 Å². The fourth-order valence-electron chi connectivity index (χ4n) is 1.86. The molecule has 1 heterocycles. The van der Waals surface area contributed by atoms with E-state index in [4.69, 9.17) is 4.74 Å². The summed E-state index contributed by atoms with van der Waals surface area (Å²) in [7, 11) is 0. The van der Waals surface area contributed by atoms with E-state index in [9.17, 15) is 0 Å². The van der Waals surface area contributed by atoms with E-state index in [1.54, 1.807) is 0 Å². The van der Waals surface area contributed by atoms with Crippen LogP contribution in [0.15, 0.2) is 0 Å². The van der Waals surface area contributed by atoms with Crippen LogP contribution in [0, 0.1) is 5.41 Å². The Morgan fingerprint density at radius 3 is 2.81 bits per heavy atom. The average molecular weight is 228 g/mol. The zero-order chi connectivity index (χ0) is 12.0. The molecule has 0 bridgehead atoms. The number of morpholine rings is 1. The molecule has 96 valence electrons. The van der Waals surface area contributed by atoms with E-state index in [1.165, 1.54) is 6.42 Å². The van der Waals surface area contributed by atoms with Gasteiger partial charge in [-0.25, -0.2) is 0 Å². The molecule has 2 atom stereocenters. The van der Waals surface area contributed by atoms with E-state index < -0.39 is 0 Å². The lowest BCUT2D eigenvalue weighted by molar-refractivity contribution is 0.0708. The van der Waals surface area contributed by atoms with Crippen molar-refractivity contribution in [2.45, 2.75) is 52.6 Å². The first-order valence-corrected chi connectivity index (χ1v) is 6.58. The lowest BCUT2D eigenvalue weighted by Gasteiger charge is -2.29. The molecule has 2 unspecified atom stereocenters. The van der Waals surface area contributed by atoms with E-state index in [1.807, 2.05) is 0 Å². The molecule has 0 aromatic carbocycles. The predicted octanol–water partition coefficient (Wildman–Crippen LogP) is 1.78. The van der Waals surface area contributed by atoms with Gasteiger partial charge in [-0.1, -0.05) is 20.8 Å². The Kier molecular flexibility index (Phi) is 5.73. The minimum absolute atomic E-state index is 0.407. The maximum Gasteiger partial charge on any atom is 0.0620 e. The zero-order valence-corrected chi connectivity index (χ0v) is 11.3. The smallest absolute Gasteiger partial charge is 0.0620 e. The van der Waals surface area contributed by atoms with Crippen LogP contribution in [-0.4, -0.2) is 38.4 Å². The highest BCUT2D eigenvalue weighted by atomic mass is 16.5. The number of nitrogens with one attached hydrogen (secondary N) is 2. The van der Waals surface area contributed by atoms with Gasteiger partial charge in [0.05, 0.1) is 13.2 Å². The highest BCUT2D eigenvalue weighted by Crippen LogP contribution is 2.18. The van der Waals surface area contributed by atoms with Gasteiger partial charge in [-0.15, -0.1) is 0 Å². The van der Waals surface area contributed by atoms with E-state index in [0.717, 1.165) is 32.7 Å². The normalized spacial score (nSPS) is 24.4. The SMILES string of the molecule is CCC(C)(C)CNC(C)CC1COCCN1. The Balaban J connectivity index is 2.17. The van der Waals surface area contributed by atoms with Gasteiger partial charge in [-0.2, -0.15) is 0 Å². The van der Waals surface area contributed by atoms with Gasteiger partial charge in [-0.3, -0.25) is 0 Å². The van der Waals surface area contributed by atoms with E-state index in [0.29, 0.717) is 17.5 Å². The van der Waals surface area contributed by atoms with Gasteiger partial charge in [0.2, 0.25) is 0 Å². The number of rotatable bonds is 6. The van der Waals surface area contributed by atoms with Gasteiger partial charge in [0.25, 0.3) is 0 Å². The third-order valence-corrected chi connectivity index (χ3v) is 3.52. The molecular weight excluding hydrogens is 200 g/mol. The molecule has 1 aliphatic heterocycles. The standard InChI is InChI=1S/C13H28N2O/c1-5-13(3,4)10-15-11(2)8-12-9-16-7-6-14-12/h11-12,14-15H,5-10H2,1-4H3. The molecular formula is C13H28N2O. The molecule has 1 aliphatic rings. The van der Waals surface area contributed by atoms with Gasteiger partial charge in [0.1, 0.15) is 0 Å². The Morgan fingerprint density at radius 1 is 1.50 bits per heavy atom. The Labute approximate surface area is 100 Å². The quantitative estimate of drug-likeness (QED) is 0.727. The van der Waals surface area contributed by atoms with Gasteiger partial charge in [0.15, 0.2) is 0 Å². The van der Waals surface area contributed by atoms with Gasteiger partial charge >= 0.3 is 0 Å². The molecule has 0 aromatic heterocycles. The minimum atomic E-state index is 0.407. The Hall–Kier alpha value is -0.120. The second-order valence-corrected chi connectivity index (χ2v) is 5.76. The van der Waals surface area contributed by atoms with Crippen molar-refractivity contribution in [2.75, 3.05) is 26.3 Å². The summed E-state index contributed by atoms with van der Waals surface area (Å²) < 4.78 is 5.46. The fourth-order valence-corrected chi connectivity index (χ4v) is 1.86. The monoisotopic (exact) mass is 228 g/mol. The average Bonchev–Trinajstić information content (AvgIpc) is 2.28. The zero-order valence-electron chi connectivity index (χ0n) is 11.3. The summed E-state index contributed by atoms with van der Waals surface area (Å²) >= 11 is 0. The number of hydrogen-bond donors (Lipinski definition) is 2. The topological polar surface area (TPSA) is 33.3 Å². The van der Waals surface area contributed by atoms with Crippen LogP contribution < -0.4 is 10.6 Å². The summed E-state index contributed by atoms with van der Waals surface area (Å²) in [5.41, 5.74) is 0.407. The van der Waals surface area contributed by atoms with E-state index in [-0.39, 0.29) is 0 Å². The molecule has 2 N–H and O–H groups in total. The molecule has 0 amide bonds. The molecule has 3 heteroatoms. The highest BCUT2D eigenvalue weighted by Gasteiger charge is 2.19. The van der Waals surface area contributed by atoms with Crippen LogP contribution in [0.5, 0.6) is 0 Å². The van der Waals surface area contributed by atoms with E-state index >= 15 is 0 Å². The summed E-state index contributed by atoms with van der Waals surface area (Å²) in [6.45, 7) is 13.0. The Bertz CT molecular complexity index is 188. The van der Waals surface area contributed by atoms with Gasteiger partial charge in [0, 0.05) is 25.2 Å². The van der Waals surface area contributed by atoms with Gasteiger partial charge < -0.3 is 15.4 Å². The molecule has 1 fully saturated rings. The molecule has 3 nitrogen and oxygen atoms in total. The maximum absolute atomic E-state index is 5.46. The summed E-state index contributed by atoms with van der Waals surface area (Å²) in [5, 5.41) is 7.12. The molecule has 0 aromatic rings. The van der Waals surface area contributed by atoms with Crippen LogP contribution >= 0.6 is 0 Å². The molecule has 16 heavy (non-hydrogen) atoms. The summed E-state index contributed by atoms with van der Waals surface area (Å²) in [6.07, 6.45) is 2.37. The van der Waals surface area contributed by atoms with Crippen molar-refractivity contribution >= 4 is 0 Å². The lowest BCUT2D eigenvalue weighted by Crippen LogP contribution is -2.46. The van der Waals surface area contributed by atoms with Crippen LogP contribution in [0.3, 0.4) is 0 Å². The highest BCUT2D eigenvalue weighted by molar-refractivity contribution is 4.78. The molecule has 1 rings (SSSR count). The molecule has 0 radical (unpaired) electrons. The fraction of sp³-hybridized carbons (Fsp3) is 1.00. The second-order valence-electron chi connectivity index (χ2n) is 5.76. The Morgan fingerprint density at radius 2 is 2.25 bits per heavy atom. The predicted molar refractivity (Wildman–Crippen MR) is 68.8 cm³/mol. The largest absolute Gasteiger partial charge is 0.379 e. The second kappa shape index (κ2) is 6.58. The third-order valence-electron chi connectivity index (χ3n) is 3.52. The van der Waals surface area contributed by atoms with Crippen molar-refractivity contribution in [3.63, 3.8) is 0 Å². The van der Waals surface area contributed by atoms with Crippen LogP contribution in [0.1, 0.15) is 40.5 Å². The number of hydrogen-bond acceptors (Lipinski definition) is 3. The summed E-state index contributed by atoms with van der Waals surface area (Å²) in [5.74, 6) is 0. The van der Waals surface area contributed by atoms with Gasteiger partial charge in [-0.05, 0) is 25.2 Å². The third kappa shape index (κ3) is 5.28. The van der Waals surface area contributed by atoms with Crippen molar-refractivity contribution in [1.82, 2.24) is 10.6 Å². The van der Waals surface area contributed by atoms with Crippen LogP contribution in [0.25, 0.3) is 0 Å². The van der Waals surface area contributed by atoms with Crippen molar-refractivity contribution in [1.29, 1.82) is 0 Å². The summed E-state index contributed by atoms with van der Waals surface area (Å²) in [4.78, 5) is 0. The maximum atomic E-state index is 5.46. The lowest BCUT2D eigenvalue weighted by atomic mass is 9.90. The first-order chi connectivity index (χ1) is 7.53. The van der Waals surface area contributed by atoms with E-state index in [2.05, 4.69) is 38.3 Å². The molecule has 0 saturated carbocycles. The van der Waals surface area contributed by atoms with Crippen LogP contribution in [-0.2, 0) is 4.74 Å². The molecule has 0 aliphatic carbocycles. The van der Waals surface area contributed by atoms with Crippen molar-refractivity contribution in [2.24, 2.45) is 5.41 Å². The van der Waals surface area contributed by atoms with Crippen LogP contribution in [0.2, 0.25) is 0 Å². The van der Waals surface area contributed by atoms with Crippen molar-refractivity contribution in [3.8, 4) is 0 Å². The molecule has 0 spiro atoms.